The lowest BCUT2D eigenvalue weighted by molar-refractivity contribution is -0.140. The van der Waals surface area contributed by atoms with Gasteiger partial charge in [-0.1, -0.05) is 26.2 Å². The summed E-state index contributed by atoms with van der Waals surface area (Å²) in [7, 11) is 0. The second-order valence-electron chi connectivity index (χ2n) is 10.6. The van der Waals surface area contributed by atoms with Gasteiger partial charge in [0.2, 0.25) is 0 Å². The summed E-state index contributed by atoms with van der Waals surface area (Å²) in [6.07, 6.45) is 16.0. The number of hydrogen-bond donors (Lipinski definition) is 0. The second kappa shape index (κ2) is 10.6. The number of halogens is 3. The average molecular weight is 451 g/mol. The Kier molecular flexibility index (Phi) is 7.83. The van der Waals surface area contributed by atoms with E-state index in [4.69, 9.17) is 4.74 Å². The Labute approximate surface area is 190 Å². The molecular weight excluding hydrogens is 413 g/mol. The topological polar surface area (TPSA) is 26.3 Å². The summed E-state index contributed by atoms with van der Waals surface area (Å²) in [5.74, 6) is -0.887. The Morgan fingerprint density at radius 1 is 0.812 bits per heavy atom. The van der Waals surface area contributed by atoms with E-state index in [1.165, 1.54) is 57.8 Å². The standard InChI is InChI=1S/C27H37F3O2/c1-2-3-17-4-5-22(14-17)20-8-6-18(7-9-20)19-10-12-21(13-11-19)27(31)32-23-15-24(28)26(30)25(29)16-23/h15-22H,2-14H2,1H3. The molecule has 0 heterocycles. The molecule has 0 aromatic heterocycles. The quantitative estimate of drug-likeness (QED) is 0.251. The van der Waals surface area contributed by atoms with Crippen LogP contribution in [-0.4, -0.2) is 5.97 Å². The molecule has 32 heavy (non-hydrogen) atoms. The average Bonchev–Trinajstić information content (AvgIpc) is 3.26. The molecule has 2 nitrogen and oxygen atoms in total. The Balaban J connectivity index is 1.20. The lowest BCUT2D eigenvalue weighted by Gasteiger charge is -2.39. The summed E-state index contributed by atoms with van der Waals surface area (Å²) >= 11 is 0. The highest BCUT2D eigenvalue weighted by Gasteiger charge is 2.37. The third-order valence-corrected chi connectivity index (χ3v) is 8.71. The van der Waals surface area contributed by atoms with Crippen molar-refractivity contribution in [3.05, 3.63) is 29.6 Å². The maximum absolute atomic E-state index is 13.4. The van der Waals surface area contributed by atoms with E-state index in [0.29, 0.717) is 5.92 Å². The van der Waals surface area contributed by atoms with E-state index < -0.39 is 23.4 Å². The maximum atomic E-state index is 13.4. The molecule has 0 amide bonds. The van der Waals surface area contributed by atoms with Gasteiger partial charge in [0.15, 0.2) is 17.5 Å². The number of rotatable bonds is 6. The third-order valence-electron chi connectivity index (χ3n) is 8.71. The van der Waals surface area contributed by atoms with Crippen LogP contribution in [0.4, 0.5) is 13.2 Å². The van der Waals surface area contributed by atoms with Gasteiger partial charge in [0.1, 0.15) is 5.75 Å². The molecule has 5 heteroatoms. The molecule has 2 atom stereocenters. The summed E-state index contributed by atoms with van der Waals surface area (Å²) in [5, 5.41) is 0. The highest BCUT2D eigenvalue weighted by atomic mass is 19.2. The zero-order valence-electron chi connectivity index (χ0n) is 19.3. The first-order valence-corrected chi connectivity index (χ1v) is 12.8. The number of benzene rings is 1. The monoisotopic (exact) mass is 450 g/mol. The van der Waals surface area contributed by atoms with E-state index >= 15 is 0 Å². The molecule has 3 aliphatic carbocycles. The highest BCUT2D eigenvalue weighted by molar-refractivity contribution is 5.75. The second-order valence-corrected chi connectivity index (χ2v) is 10.6. The minimum atomic E-state index is -1.55. The fraction of sp³-hybridized carbons (Fsp3) is 0.741. The highest BCUT2D eigenvalue weighted by Crippen LogP contribution is 2.47. The van der Waals surface area contributed by atoms with E-state index in [9.17, 15) is 18.0 Å². The first-order chi connectivity index (χ1) is 15.4. The molecule has 3 aliphatic rings. The first kappa shape index (κ1) is 23.6. The lowest BCUT2D eigenvalue weighted by atomic mass is 9.67. The molecule has 0 bridgehead atoms. The molecule has 1 aromatic rings. The number of carbonyl (C=O) groups excluding carboxylic acids is 1. The van der Waals surface area contributed by atoms with E-state index in [2.05, 4.69) is 6.92 Å². The maximum Gasteiger partial charge on any atom is 0.314 e. The molecule has 3 saturated carbocycles. The number of carbonyl (C=O) groups is 1. The summed E-state index contributed by atoms with van der Waals surface area (Å²) in [5.41, 5.74) is 0. The van der Waals surface area contributed by atoms with Gasteiger partial charge in [-0.05, 0) is 93.8 Å². The largest absolute Gasteiger partial charge is 0.426 e. The SMILES string of the molecule is CCCC1CCC(C2CCC(C3CCC(C(=O)Oc4cc(F)c(F)c(F)c4)CC3)CC2)C1. The summed E-state index contributed by atoms with van der Waals surface area (Å²) in [6, 6.07) is 1.46. The van der Waals surface area contributed by atoms with Crippen LogP contribution >= 0.6 is 0 Å². The van der Waals surface area contributed by atoms with Gasteiger partial charge < -0.3 is 4.74 Å². The molecule has 0 N–H and O–H groups in total. The van der Waals surface area contributed by atoms with Gasteiger partial charge >= 0.3 is 5.97 Å². The van der Waals surface area contributed by atoms with Crippen LogP contribution in [0, 0.1) is 53.0 Å². The van der Waals surface area contributed by atoms with Crippen molar-refractivity contribution in [2.24, 2.45) is 35.5 Å². The molecule has 1 aromatic carbocycles. The van der Waals surface area contributed by atoms with E-state index in [0.717, 1.165) is 61.5 Å². The molecule has 0 saturated heterocycles. The fourth-order valence-corrected chi connectivity index (χ4v) is 6.92. The molecule has 0 radical (unpaired) electrons. The normalized spacial score (nSPS) is 33.2. The zero-order valence-corrected chi connectivity index (χ0v) is 19.3. The van der Waals surface area contributed by atoms with Gasteiger partial charge in [0.25, 0.3) is 0 Å². The molecule has 4 rings (SSSR count). The molecule has 3 fully saturated rings. The van der Waals surface area contributed by atoms with Gasteiger partial charge in [-0.15, -0.1) is 0 Å². The van der Waals surface area contributed by atoms with Crippen LogP contribution in [0.3, 0.4) is 0 Å². The fourth-order valence-electron chi connectivity index (χ4n) is 6.92. The number of ether oxygens (including phenoxy) is 1. The molecular formula is C27H37F3O2. The zero-order chi connectivity index (χ0) is 22.7. The smallest absolute Gasteiger partial charge is 0.314 e. The Morgan fingerprint density at radius 3 is 1.88 bits per heavy atom. The minimum absolute atomic E-state index is 0.243. The lowest BCUT2D eigenvalue weighted by Crippen LogP contribution is -2.31. The summed E-state index contributed by atoms with van der Waals surface area (Å²) in [4.78, 5) is 12.5. The van der Waals surface area contributed by atoms with E-state index in [1.54, 1.807) is 0 Å². The predicted octanol–water partition coefficient (Wildman–Crippen LogP) is 7.84. The van der Waals surface area contributed by atoms with Gasteiger partial charge in [0.05, 0.1) is 5.92 Å². The summed E-state index contributed by atoms with van der Waals surface area (Å²) < 4.78 is 45.0. The predicted molar refractivity (Wildman–Crippen MR) is 119 cm³/mol. The van der Waals surface area contributed by atoms with Crippen LogP contribution in [0.5, 0.6) is 5.75 Å². The van der Waals surface area contributed by atoms with Crippen molar-refractivity contribution in [3.63, 3.8) is 0 Å². The van der Waals surface area contributed by atoms with Crippen molar-refractivity contribution >= 4 is 5.97 Å². The van der Waals surface area contributed by atoms with Crippen LogP contribution in [0.2, 0.25) is 0 Å². The molecule has 178 valence electrons. The van der Waals surface area contributed by atoms with E-state index in [1.807, 2.05) is 0 Å². The Bertz CT molecular complexity index is 756. The minimum Gasteiger partial charge on any atom is -0.426 e. The van der Waals surface area contributed by atoms with Crippen LogP contribution in [0.1, 0.15) is 90.4 Å². The molecule has 0 aliphatic heterocycles. The van der Waals surface area contributed by atoms with Crippen molar-refractivity contribution in [3.8, 4) is 5.75 Å². The van der Waals surface area contributed by atoms with Crippen LogP contribution < -0.4 is 4.74 Å². The van der Waals surface area contributed by atoms with Gasteiger partial charge in [-0.2, -0.15) is 0 Å². The van der Waals surface area contributed by atoms with Gasteiger partial charge in [-0.3, -0.25) is 4.79 Å². The van der Waals surface area contributed by atoms with Gasteiger partial charge in [0, 0.05) is 12.1 Å². The third kappa shape index (κ3) is 5.51. The molecule has 0 spiro atoms. The van der Waals surface area contributed by atoms with Crippen molar-refractivity contribution in [2.45, 2.75) is 90.4 Å². The summed E-state index contributed by atoms with van der Waals surface area (Å²) in [6.45, 7) is 2.30. The van der Waals surface area contributed by atoms with Gasteiger partial charge in [-0.25, -0.2) is 13.2 Å². The number of hydrogen-bond acceptors (Lipinski definition) is 2. The van der Waals surface area contributed by atoms with Crippen molar-refractivity contribution in [1.29, 1.82) is 0 Å². The number of esters is 1. The van der Waals surface area contributed by atoms with E-state index in [-0.39, 0.29) is 11.7 Å². The van der Waals surface area contributed by atoms with Crippen molar-refractivity contribution < 1.29 is 22.7 Å². The Hall–Kier alpha value is -1.52. The van der Waals surface area contributed by atoms with Crippen molar-refractivity contribution in [1.82, 2.24) is 0 Å². The van der Waals surface area contributed by atoms with Crippen LogP contribution in [0.15, 0.2) is 12.1 Å². The molecule has 2 unspecified atom stereocenters. The first-order valence-electron chi connectivity index (χ1n) is 12.8. The van der Waals surface area contributed by atoms with Crippen LogP contribution in [-0.2, 0) is 4.79 Å². The van der Waals surface area contributed by atoms with Crippen LogP contribution in [0.25, 0.3) is 0 Å². The van der Waals surface area contributed by atoms with Crippen molar-refractivity contribution in [2.75, 3.05) is 0 Å². The Morgan fingerprint density at radius 2 is 1.31 bits per heavy atom.